The quantitative estimate of drug-likeness (QED) is 0.0238. The van der Waals surface area contributed by atoms with Gasteiger partial charge in [0.25, 0.3) is 0 Å². The Balaban J connectivity index is 2.25. The molecule has 0 heterocycles. The standard InChI is InChI=1S/C43H50F17NO7Si/c1-7-65-34(62)14-12-10-8-9-11-13-33(68-35(63)61-30-17-21-31(64-6)22-18-30)29-15-19-32(20-16-29)66-24-25-67-69(27(2)3,28(4)5)26-23-36(44,45)37(46,47)38(48,49)39(50,51)40(52,53)41(54,55)42(56,57)43(58,59)60/h8,10,12,14-22,27-28,33H,7,9,11,13,23-26H2,1-6H3,(H,61,63)/b10-8+,14-12+/t33-/m0/s1. The molecule has 8 nitrogen and oxygen atoms in total. The van der Waals surface area contributed by atoms with Crippen molar-refractivity contribution in [1.82, 2.24) is 0 Å². The normalized spacial score (nSPS) is 14.4. The molecule has 0 aliphatic rings. The number of carbonyl (C=O) groups is 2. The number of benzene rings is 2. The molecule has 2 aromatic rings. The fourth-order valence-electron chi connectivity index (χ4n) is 6.69. The predicted molar refractivity (Wildman–Crippen MR) is 219 cm³/mol. The number of anilines is 1. The van der Waals surface area contributed by atoms with E-state index in [4.69, 9.17) is 23.4 Å². The zero-order chi connectivity index (χ0) is 53.1. The maximum absolute atomic E-state index is 15.0. The highest BCUT2D eigenvalue weighted by Gasteiger charge is 2.95. The summed E-state index contributed by atoms with van der Waals surface area (Å²) in [5.74, 6) is -56.7. The van der Waals surface area contributed by atoms with Crippen molar-refractivity contribution in [3.8, 4) is 11.5 Å². The van der Waals surface area contributed by atoms with Gasteiger partial charge in [0.05, 0.1) is 20.3 Å². The Hall–Kier alpha value is -4.75. The maximum atomic E-state index is 15.0. The van der Waals surface area contributed by atoms with E-state index in [0.29, 0.717) is 36.3 Å². The Labute approximate surface area is 386 Å². The van der Waals surface area contributed by atoms with Crippen LogP contribution in [0.25, 0.3) is 0 Å². The lowest BCUT2D eigenvalue weighted by atomic mass is 9.88. The molecule has 0 radical (unpaired) electrons. The number of methoxy groups -OCH3 is 1. The molecule has 69 heavy (non-hydrogen) atoms. The number of unbranched alkanes of at least 4 members (excludes halogenated alkanes) is 1. The van der Waals surface area contributed by atoms with E-state index in [2.05, 4.69) is 5.32 Å². The minimum atomic E-state index is -8.70. The van der Waals surface area contributed by atoms with E-state index in [1.807, 2.05) is 0 Å². The summed E-state index contributed by atoms with van der Waals surface area (Å²) in [6, 6.07) is 10.9. The Bertz CT molecular complexity index is 2000. The number of rotatable bonds is 27. The fourth-order valence-corrected chi connectivity index (χ4v) is 11.2. The van der Waals surface area contributed by atoms with Gasteiger partial charge < -0.3 is 23.4 Å². The third-order valence-corrected chi connectivity index (χ3v) is 16.4. The molecule has 1 N–H and O–H groups in total. The molecule has 2 rings (SSSR count). The Kier molecular flexibility index (Phi) is 20.5. The summed E-state index contributed by atoms with van der Waals surface area (Å²) in [7, 11) is -2.55. The number of allylic oxidation sites excluding steroid dienone is 3. The molecule has 0 spiro atoms. The zero-order valence-corrected chi connectivity index (χ0v) is 38.6. The van der Waals surface area contributed by atoms with Crippen LogP contribution in [0.15, 0.2) is 72.8 Å². The average Bonchev–Trinajstić information content (AvgIpc) is 3.24. The van der Waals surface area contributed by atoms with Crippen LogP contribution in [0.4, 0.5) is 85.1 Å². The molecule has 0 fully saturated rings. The molecule has 0 bridgehead atoms. The highest BCUT2D eigenvalue weighted by Crippen LogP contribution is 2.64. The number of esters is 1. The summed E-state index contributed by atoms with van der Waals surface area (Å²) in [5, 5.41) is 2.59. The number of carbonyl (C=O) groups excluding carboxylic acids is 2. The largest absolute Gasteiger partial charge is 0.497 e. The molecule has 0 aliphatic carbocycles. The summed E-state index contributed by atoms with van der Waals surface area (Å²) < 4.78 is 263. The minimum Gasteiger partial charge on any atom is -0.497 e. The molecule has 2 aromatic carbocycles. The van der Waals surface area contributed by atoms with Gasteiger partial charge in [0.1, 0.15) is 24.2 Å². The van der Waals surface area contributed by atoms with E-state index in [9.17, 15) is 75.4 Å². The number of halogens is 17. The van der Waals surface area contributed by atoms with Gasteiger partial charge in [-0.15, -0.1) is 0 Å². The van der Waals surface area contributed by atoms with Gasteiger partial charge in [0.2, 0.25) is 0 Å². The Morgan fingerprint density at radius 2 is 1.17 bits per heavy atom. The fraction of sp³-hybridized carbons (Fsp3) is 0.581. The molecular weight excluding hydrogens is 994 g/mol. The van der Waals surface area contributed by atoms with Crippen LogP contribution >= 0.6 is 0 Å². The third-order valence-electron chi connectivity index (χ3n) is 10.7. The summed E-state index contributed by atoms with van der Waals surface area (Å²) in [4.78, 5) is 24.4. The molecule has 0 saturated heterocycles. The molecule has 392 valence electrons. The van der Waals surface area contributed by atoms with Crippen molar-refractivity contribution in [2.45, 2.75) is 131 Å². The van der Waals surface area contributed by atoms with E-state index in [1.54, 1.807) is 43.3 Å². The number of amides is 1. The summed E-state index contributed by atoms with van der Waals surface area (Å²) in [6.45, 7) is 6.22. The summed E-state index contributed by atoms with van der Waals surface area (Å²) >= 11 is 0. The van der Waals surface area contributed by atoms with Gasteiger partial charge in [-0.25, -0.2) is 9.59 Å². The molecule has 0 aliphatic heterocycles. The number of hydrogen-bond donors (Lipinski definition) is 1. The maximum Gasteiger partial charge on any atom is 0.460 e. The summed E-state index contributed by atoms with van der Waals surface area (Å²) in [6.07, 6.45) is -4.67. The zero-order valence-electron chi connectivity index (χ0n) is 37.6. The third kappa shape index (κ3) is 13.6. The van der Waals surface area contributed by atoms with E-state index < -0.39 is 111 Å². The van der Waals surface area contributed by atoms with E-state index in [1.165, 1.54) is 71.2 Å². The summed E-state index contributed by atoms with van der Waals surface area (Å²) in [5.41, 5.74) is -0.896. The van der Waals surface area contributed by atoms with Crippen molar-refractivity contribution in [3.63, 3.8) is 0 Å². The topological polar surface area (TPSA) is 92.3 Å². The molecule has 26 heteroatoms. The van der Waals surface area contributed by atoms with Crippen LogP contribution in [0.3, 0.4) is 0 Å². The SMILES string of the molecule is CCOC(=O)/C=C/C=C/CCC[C@H](OC(=O)Nc1ccc(OC)cc1)c1ccc(OCCO[Si](CCC(F)(F)C(F)(F)C(F)(F)C(F)(F)C(F)(F)C(F)(F)C(F)(F)C(F)(F)F)(C(C)C)C(C)C)cc1. The lowest BCUT2D eigenvalue weighted by Crippen LogP contribution is -2.74. The first-order valence-corrected chi connectivity index (χ1v) is 23.0. The van der Waals surface area contributed by atoms with Gasteiger partial charge in [0, 0.05) is 18.2 Å². The van der Waals surface area contributed by atoms with Gasteiger partial charge in [0.15, 0.2) is 8.32 Å². The second kappa shape index (κ2) is 23.4. The van der Waals surface area contributed by atoms with Crippen molar-refractivity contribution in [2.75, 3.05) is 32.2 Å². The van der Waals surface area contributed by atoms with E-state index in [-0.39, 0.29) is 12.4 Å². The van der Waals surface area contributed by atoms with Crippen molar-refractivity contribution in [3.05, 3.63) is 78.4 Å². The monoisotopic (exact) mass is 1040 g/mol. The average molecular weight is 1040 g/mol. The first kappa shape index (κ1) is 60.4. The first-order valence-electron chi connectivity index (χ1n) is 20.7. The van der Waals surface area contributed by atoms with Crippen LogP contribution in [0.2, 0.25) is 17.1 Å². The van der Waals surface area contributed by atoms with Crippen LogP contribution < -0.4 is 14.8 Å². The van der Waals surface area contributed by atoms with E-state index >= 15 is 8.78 Å². The van der Waals surface area contributed by atoms with Gasteiger partial charge in [-0.05, 0) is 85.3 Å². The molecular formula is C43H50F17NO7Si. The van der Waals surface area contributed by atoms with Crippen LogP contribution in [-0.2, 0) is 18.7 Å². The lowest BCUT2D eigenvalue weighted by molar-refractivity contribution is -0.461. The second-order valence-corrected chi connectivity index (χ2v) is 20.9. The van der Waals surface area contributed by atoms with Crippen molar-refractivity contribution >= 4 is 26.1 Å². The number of ether oxygens (including phenoxy) is 4. The van der Waals surface area contributed by atoms with Crippen LogP contribution in [0.1, 0.15) is 72.0 Å². The Morgan fingerprint density at radius 3 is 1.67 bits per heavy atom. The van der Waals surface area contributed by atoms with Crippen LogP contribution in [-0.4, -0.2) is 94.9 Å². The molecule has 0 unspecified atom stereocenters. The molecule has 0 aromatic heterocycles. The van der Waals surface area contributed by atoms with Gasteiger partial charge in [-0.2, -0.15) is 74.6 Å². The van der Waals surface area contributed by atoms with E-state index in [0.717, 1.165) is 0 Å². The lowest BCUT2D eigenvalue weighted by Gasteiger charge is -2.44. The highest BCUT2D eigenvalue weighted by molar-refractivity contribution is 6.76. The van der Waals surface area contributed by atoms with Gasteiger partial charge in [-0.1, -0.05) is 58.1 Å². The van der Waals surface area contributed by atoms with Crippen LogP contribution in [0.5, 0.6) is 11.5 Å². The second-order valence-electron chi connectivity index (χ2n) is 15.9. The number of alkyl halides is 17. The predicted octanol–water partition coefficient (Wildman–Crippen LogP) is 14.4. The van der Waals surface area contributed by atoms with Crippen molar-refractivity contribution in [1.29, 1.82) is 0 Å². The van der Waals surface area contributed by atoms with Gasteiger partial charge in [-0.3, -0.25) is 5.32 Å². The first-order chi connectivity index (χ1) is 31.5. The molecule has 1 amide bonds. The van der Waals surface area contributed by atoms with Gasteiger partial charge >= 0.3 is 59.7 Å². The highest BCUT2D eigenvalue weighted by atomic mass is 28.4. The van der Waals surface area contributed by atoms with Crippen LogP contribution in [0, 0.1) is 0 Å². The van der Waals surface area contributed by atoms with Crippen molar-refractivity contribution < 1.29 is 108 Å². The smallest absolute Gasteiger partial charge is 0.460 e. The molecule has 1 atom stereocenters. The molecule has 0 saturated carbocycles. The minimum absolute atomic E-state index is 0.145. The Morgan fingerprint density at radius 1 is 0.667 bits per heavy atom. The van der Waals surface area contributed by atoms with Crippen molar-refractivity contribution in [2.24, 2.45) is 0 Å². The number of hydrogen-bond acceptors (Lipinski definition) is 7. The number of nitrogens with one attached hydrogen (secondary N) is 1.